The third-order valence-electron chi connectivity index (χ3n) is 7.30. The summed E-state index contributed by atoms with van der Waals surface area (Å²) in [7, 11) is 0. The molecule has 0 radical (unpaired) electrons. The minimum Gasteiger partial charge on any atom is -0.351 e. The average Bonchev–Trinajstić information content (AvgIpc) is 3.64. The van der Waals surface area contributed by atoms with Crippen LogP contribution in [0.1, 0.15) is 44.1 Å². The zero-order valence-electron chi connectivity index (χ0n) is 17.4. The van der Waals surface area contributed by atoms with E-state index >= 15 is 8.78 Å². The van der Waals surface area contributed by atoms with Gasteiger partial charge in [-0.1, -0.05) is 30.3 Å². The van der Waals surface area contributed by atoms with Gasteiger partial charge in [-0.05, 0) is 49.0 Å². The van der Waals surface area contributed by atoms with Gasteiger partial charge in [0.05, 0.1) is 6.07 Å². The summed E-state index contributed by atoms with van der Waals surface area (Å²) in [5, 5.41) is 12.1. The lowest BCUT2D eigenvalue weighted by molar-refractivity contribution is -0.131. The lowest BCUT2D eigenvalue weighted by Gasteiger charge is -2.33. The van der Waals surface area contributed by atoms with E-state index in [9.17, 15) is 14.9 Å². The van der Waals surface area contributed by atoms with Gasteiger partial charge in [0, 0.05) is 31.8 Å². The van der Waals surface area contributed by atoms with Crippen LogP contribution in [0.5, 0.6) is 0 Å². The van der Waals surface area contributed by atoms with Crippen LogP contribution in [0.3, 0.4) is 0 Å². The van der Waals surface area contributed by atoms with Crippen LogP contribution in [0.15, 0.2) is 30.3 Å². The Morgan fingerprint density at radius 1 is 1.23 bits per heavy atom. The number of urea groups is 1. The molecule has 0 bridgehead atoms. The topological polar surface area (TPSA) is 99.2 Å². The molecule has 166 valence electrons. The Labute approximate surface area is 180 Å². The lowest BCUT2D eigenvalue weighted by Crippen LogP contribution is -2.45. The molecular formula is C23H28F2N4O2. The maximum absolute atomic E-state index is 15.0. The minimum absolute atomic E-state index is 0.168. The fraction of sp³-hybridized carbons (Fsp3) is 0.609. The summed E-state index contributed by atoms with van der Waals surface area (Å²) in [6.07, 6.45) is 2.18. The smallest absolute Gasteiger partial charge is 0.314 e. The molecule has 1 heterocycles. The summed E-state index contributed by atoms with van der Waals surface area (Å²) in [6, 6.07) is 10.2. The maximum atomic E-state index is 15.0. The molecule has 3 fully saturated rings. The van der Waals surface area contributed by atoms with Crippen LogP contribution in [0, 0.1) is 28.6 Å². The van der Waals surface area contributed by atoms with Crippen LogP contribution in [-0.4, -0.2) is 41.4 Å². The number of piperidine rings is 1. The Kier molecular flexibility index (Phi) is 5.40. The Bertz CT molecular complexity index is 887. The number of nitriles is 1. The van der Waals surface area contributed by atoms with Crippen molar-refractivity contribution in [3.63, 3.8) is 0 Å². The highest BCUT2D eigenvalue weighted by Gasteiger charge is 2.61. The SMILES string of the molecule is N#CC1(NC(=O)[C@@H](CC(F)(F)Cc2ccccc2)C2CC23CCN(C(N)=O)CC3)CC1. The fourth-order valence-electron chi connectivity index (χ4n) is 5.12. The monoisotopic (exact) mass is 430 g/mol. The predicted octanol–water partition coefficient (Wildman–Crippen LogP) is 3.22. The van der Waals surface area contributed by atoms with Crippen molar-refractivity contribution in [1.82, 2.24) is 10.2 Å². The molecule has 0 aromatic heterocycles. The van der Waals surface area contributed by atoms with Crippen LogP contribution < -0.4 is 11.1 Å². The molecule has 3 N–H and O–H groups in total. The quantitative estimate of drug-likeness (QED) is 0.695. The van der Waals surface area contributed by atoms with Crippen molar-refractivity contribution in [3.05, 3.63) is 35.9 Å². The number of nitrogens with zero attached hydrogens (tertiary/aromatic N) is 2. The molecule has 2 aliphatic carbocycles. The van der Waals surface area contributed by atoms with Gasteiger partial charge in [-0.15, -0.1) is 0 Å². The second-order valence-corrected chi connectivity index (χ2v) is 9.51. The molecule has 6 nitrogen and oxygen atoms in total. The number of alkyl halides is 2. The largest absolute Gasteiger partial charge is 0.351 e. The summed E-state index contributed by atoms with van der Waals surface area (Å²) in [5.41, 5.74) is 4.81. The van der Waals surface area contributed by atoms with E-state index in [1.54, 1.807) is 35.2 Å². The highest BCUT2D eigenvalue weighted by molar-refractivity contribution is 5.81. The number of primary amides is 1. The maximum Gasteiger partial charge on any atom is 0.314 e. The number of benzene rings is 1. The summed E-state index contributed by atoms with van der Waals surface area (Å²) >= 11 is 0. The number of likely N-dealkylation sites (tertiary alicyclic amines) is 1. The summed E-state index contributed by atoms with van der Waals surface area (Å²) in [6.45, 7) is 0.978. The van der Waals surface area contributed by atoms with Crippen molar-refractivity contribution in [2.24, 2.45) is 23.0 Å². The zero-order chi connectivity index (χ0) is 22.3. The number of carbonyl (C=O) groups excluding carboxylic acids is 2. The molecule has 1 unspecified atom stereocenters. The molecule has 31 heavy (non-hydrogen) atoms. The number of hydrogen-bond donors (Lipinski definition) is 2. The van der Waals surface area contributed by atoms with Crippen LogP contribution in [-0.2, 0) is 11.2 Å². The van der Waals surface area contributed by atoms with E-state index in [4.69, 9.17) is 5.73 Å². The molecule has 3 amide bonds. The van der Waals surface area contributed by atoms with Gasteiger partial charge in [-0.25, -0.2) is 13.6 Å². The van der Waals surface area contributed by atoms with Gasteiger partial charge in [-0.2, -0.15) is 5.26 Å². The summed E-state index contributed by atoms with van der Waals surface area (Å²) < 4.78 is 30.1. The standard InChI is InChI=1S/C23H28F2N4O2/c24-23(25,12-16-4-2-1-3-5-16)13-17(19(30)28-22(15-26)6-7-22)18-14-21(18)8-10-29(11-9-21)20(27)31/h1-5,17-18H,6-14H2,(H2,27,31)(H,28,30)/t17-,18?/m0/s1. The summed E-state index contributed by atoms with van der Waals surface area (Å²) in [4.78, 5) is 26.1. The molecular weight excluding hydrogens is 402 g/mol. The first-order valence-electron chi connectivity index (χ1n) is 10.9. The van der Waals surface area contributed by atoms with E-state index in [0.717, 1.165) is 0 Å². The molecule has 2 atom stereocenters. The Balaban J connectivity index is 1.48. The van der Waals surface area contributed by atoms with E-state index in [-0.39, 0.29) is 11.3 Å². The highest BCUT2D eigenvalue weighted by atomic mass is 19.3. The number of hydrogen-bond acceptors (Lipinski definition) is 3. The van der Waals surface area contributed by atoms with Gasteiger partial charge in [0.1, 0.15) is 5.54 Å². The van der Waals surface area contributed by atoms with Gasteiger partial charge in [0.2, 0.25) is 5.91 Å². The number of nitrogens with one attached hydrogen (secondary N) is 1. The molecule has 8 heteroatoms. The first kappa shape index (κ1) is 21.5. The molecule has 1 aliphatic heterocycles. The molecule has 2 saturated carbocycles. The third kappa shape index (κ3) is 4.65. The van der Waals surface area contributed by atoms with Gasteiger partial charge in [0.15, 0.2) is 0 Å². The molecule has 1 aromatic rings. The molecule has 1 aromatic carbocycles. The minimum atomic E-state index is -3.04. The van der Waals surface area contributed by atoms with E-state index in [2.05, 4.69) is 11.4 Å². The van der Waals surface area contributed by atoms with E-state index in [1.165, 1.54) is 0 Å². The van der Waals surface area contributed by atoms with Gasteiger partial charge >= 0.3 is 6.03 Å². The molecule has 4 rings (SSSR count). The number of carbonyl (C=O) groups is 2. The van der Waals surface area contributed by atoms with Crippen molar-refractivity contribution in [3.8, 4) is 6.07 Å². The van der Waals surface area contributed by atoms with Crippen LogP contribution >= 0.6 is 0 Å². The number of amides is 3. The van der Waals surface area contributed by atoms with Crippen LogP contribution in [0.25, 0.3) is 0 Å². The second kappa shape index (κ2) is 7.77. The normalized spacial score (nSPS) is 24.2. The number of halogens is 2. The first-order valence-corrected chi connectivity index (χ1v) is 10.9. The van der Waals surface area contributed by atoms with E-state index in [0.29, 0.717) is 50.8 Å². The Morgan fingerprint density at radius 2 is 1.87 bits per heavy atom. The lowest BCUT2D eigenvalue weighted by atomic mass is 9.83. The van der Waals surface area contributed by atoms with Gasteiger partial charge in [0.25, 0.3) is 5.92 Å². The van der Waals surface area contributed by atoms with E-state index < -0.39 is 42.2 Å². The van der Waals surface area contributed by atoms with Crippen molar-refractivity contribution in [2.75, 3.05) is 13.1 Å². The first-order chi connectivity index (χ1) is 14.7. The predicted molar refractivity (Wildman–Crippen MR) is 110 cm³/mol. The van der Waals surface area contributed by atoms with Crippen LogP contribution in [0.4, 0.5) is 13.6 Å². The van der Waals surface area contributed by atoms with Crippen molar-refractivity contribution < 1.29 is 18.4 Å². The average molecular weight is 430 g/mol. The third-order valence-corrected chi connectivity index (χ3v) is 7.30. The zero-order valence-corrected chi connectivity index (χ0v) is 17.4. The van der Waals surface area contributed by atoms with Gasteiger partial charge in [-0.3, -0.25) is 4.79 Å². The van der Waals surface area contributed by atoms with Crippen molar-refractivity contribution in [2.45, 2.75) is 56.4 Å². The van der Waals surface area contributed by atoms with Crippen molar-refractivity contribution >= 4 is 11.9 Å². The number of rotatable bonds is 7. The fourth-order valence-corrected chi connectivity index (χ4v) is 5.12. The highest BCUT2D eigenvalue weighted by Crippen LogP contribution is 2.64. The van der Waals surface area contributed by atoms with E-state index in [1.807, 2.05) is 0 Å². The molecule has 3 aliphatic rings. The Hall–Kier alpha value is -2.69. The second-order valence-electron chi connectivity index (χ2n) is 9.51. The van der Waals surface area contributed by atoms with Crippen molar-refractivity contribution in [1.29, 1.82) is 5.26 Å². The Morgan fingerprint density at radius 3 is 2.42 bits per heavy atom. The molecule has 1 spiro atoms. The summed E-state index contributed by atoms with van der Waals surface area (Å²) in [5.74, 6) is -4.50. The van der Waals surface area contributed by atoms with Crippen LogP contribution in [0.2, 0.25) is 0 Å². The van der Waals surface area contributed by atoms with Gasteiger partial charge < -0.3 is 16.0 Å². The number of nitrogens with two attached hydrogens (primary N) is 1. The molecule has 1 saturated heterocycles.